The second-order valence-corrected chi connectivity index (χ2v) is 14.1. The number of thiazole rings is 2. The van der Waals surface area contributed by atoms with Gasteiger partial charge in [-0.25, -0.2) is 34.7 Å². The van der Waals surface area contributed by atoms with Crippen molar-refractivity contribution < 1.29 is 9.53 Å². The molecule has 0 spiro atoms. The zero-order chi connectivity index (χ0) is 33.7. The molecule has 0 saturated carbocycles. The molecule has 12 heteroatoms. The van der Waals surface area contributed by atoms with Crippen molar-refractivity contribution in [3.05, 3.63) is 119 Å². The fourth-order valence-electron chi connectivity index (χ4n) is 6.39. The lowest BCUT2D eigenvalue weighted by molar-refractivity contribution is 0.0920. The normalized spacial score (nSPS) is 17.2. The molecule has 2 aliphatic rings. The molecule has 2 saturated heterocycles. The number of benzene rings is 3. The highest BCUT2D eigenvalue weighted by Gasteiger charge is 2.34. The molecule has 3 aromatic carbocycles. The lowest BCUT2D eigenvalue weighted by Crippen LogP contribution is -2.31. The summed E-state index contributed by atoms with van der Waals surface area (Å²) in [5.41, 5.74) is 6.53. The molecule has 2 aliphatic heterocycles. The van der Waals surface area contributed by atoms with E-state index in [0.717, 1.165) is 84.6 Å². The van der Waals surface area contributed by atoms with Gasteiger partial charge in [-0.05, 0) is 37.8 Å². The number of fused-ring (bicyclic) bond motifs is 2. The van der Waals surface area contributed by atoms with Gasteiger partial charge in [0.2, 0.25) is 0 Å². The monoisotopic (exact) mass is 698 g/mol. The van der Waals surface area contributed by atoms with Crippen molar-refractivity contribution in [2.45, 2.75) is 44.4 Å². The second-order valence-electron chi connectivity index (χ2n) is 12.1. The van der Waals surface area contributed by atoms with Crippen LogP contribution < -0.4 is 5.32 Å². The number of ether oxygens (including phenoxy) is 1. The fourth-order valence-corrected chi connectivity index (χ4v) is 8.46. The molecule has 0 unspecified atom stereocenters. The van der Waals surface area contributed by atoms with Crippen molar-refractivity contribution in [3.8, 4) is 22.5 Å². The Hall–Kier alpha value is -5.17. The summed E-state index contributed by atoms with van der Waals surface area (Å²) in [5.74, 6) is 0. The van der Waals surface area contributed by atoms with Crippen LogP contribution >= 0.6 is 22.7 Å². The minimum atomic E-state index is -0.296. The quantitative estimate of drug-likeness (QED) is 0.183. The van der Waals surface area contributed by atoms with Crippen LogP contribution in [0.3, 0.4) is 0 Å². The number of nitrogens with one attached hydrogen (secondary N) is 1. The maximum absolute atomic E-state index is 12.8. The van der Waals surface area contributed by atoms with E-state index >= 15 is 0 Å². The number of hydrogen-bond donors (Lipinski definition) is 1. The minimum absolute atomic E-state index is 0.0869. The molecule has 1 amide bonds. The van der Waals surface area contributed by atoms with Crippen LogP contribution in [0.25, 0.3) is 43.2 Å². The van der Waals surface area contributed by atoms with Gasteiger partial charge >= 0.3 is 6.09 Å². The van der Waals surface area contributed by atoms with Gasteiger partial charge in [0.1, 0.15) is 61.4 Å². The maximum atomic E-state index is 12.8. The molecule has 0 aliphatic carbocycles. The Labute approximate surface area is 297 Å². The number of aromatic nitrogens is 6. The lowest BCUT2D eigenvalue weighted by Gasteiger charge is -2.22. The van der Waals surface area contributed by atoms with Gasteiger partial charge < -0.3 is 10.1 Å². The smallest absolute Gasteiger partial charge is 0.410 e. The number of amides is 1. The van der Waals surface area contributed by atoms with E-state index in [0.29, 0.717) is 12.6 Å². The molecular weight excluding hydrogens is 665 g/mol. The molecule has 0 radical (unpaired) electrons. The Bertz CT molecular complexity index is 2210. The van der Waals surface area contributed by atoms with Gasteiger partial charge in [0.15, 0.2) is 0 Å². The van der Waals surface area contributed by atoms with Gasteiger partial charge in [0.25, 0.3) is 0 Å². The second kappa shape index (κ2) is 14.8. The molecular formula is C38H34N8O2S2. The lowest BCUT2D eigenvalue weighted by atomic mass is 10.1. The molecule has 1 N–H and O–H groups in total. The van der Waals surface area contributed by atoms with Gasteiger partial charge in [-0.1, -0.05) is 114 Å². The predicted octanol–water partition coefficient (Wildman–Crippen LogP) is 8.40. The van der Waals surface area contributed by atoms with Crippen molar-refractivity contribution >= 4 is 49.5 Å². The van der Waals surface area contributed by atoms with Crippen LogP contribution in [0.1, 0.15) is 53.3 Å². The number of hydrogen-bond acceptors (Lipinski definition) is 11. The Morgan fingerprint density at radius 3 is 1.90 bits per heavy atom. The molecule has 6 heterocycles. The molecule has 2 fully saturated rings. The van der Waals surface area contributed by atoms with Crippen molar-refractivity contribution in [1.82, 2.24) is 40.1 Å². The van der Waals surface area contributed by atoms with Crippen molar-refractivity contribution in [2.24, 2.45) is 0 Å². The van der Waals surface area contributed by atoms with E-state index in [-0.39, 0.29) is 18.7 Å². The summed E-state index contributed by atoms with van der Waals surface area (Å²) in [7, 11) is 0. The Morgan fingerprint density at radius 2 is 1.30 bits per heavy atom. The third-order valence-electron chi connectivity index (χ3n) is 8.85. The highest BCUT2D eigenvalue weighted by molar-refractivity contribution is 7.18. The van der Waals surface area contributed by atoms with Crippen LogP contribution in [-0.4, -0.2) is 54.0 Å². The Morgan fingerprint density at radius 1 is 0.720 bits per heavy atom. The molecule has 4 aromatic heterocycles. The summed E-state index contributed by atoms with van der Waals surface area (Å²) in [5, 5.41) is 5.51. The zero-order valence-corrected chi connectivity index (χ0v) is 28.8. The largest absolute Gasteiger partial charge is 0.445 e. The maximum Gasteiger partial charge on any atom is 0.410 e. The van der Waals surface area contributed by atoms with E-state index in [1.807, 2.05) is 78.9 Å². The average molecular weight is 699 g/mol. The summed E-state index contributed by atoms with van der Waals surface area (Å²) in [6, 6.07) is 30.2. The summed E-state index contributed by atoms with van der Waals surface area (Å²) < 4.78 is 5.57. The first-order valence-corrected chi connectivity index (χ1v) is 18.4. The molecule has 10 nitrogen and oxygen atoms in total. The molecule has 0 bridgehead atoms. The number of carbonyl (C=O) groups is 1. The Balaban J connectivity index is 0.000000156. The van der Waals surface area contributed by atoms with E-state index < -0.39 is 0 Å². The van der Waals surface area contributed by atoms with E-state index in [1.54, 1.807) is 28.9 Å². The van der Waals surface area contributed by atoms with E-state index in [4.69, 9.17) is 14.7 Å². The van der Waals surface area contributed by atoms with E-state index in [1.165, 1.54) is 17.8 Å². The fraction of sp³-hybridized carbons (Fsp3) is 0.237. The third-order valence-corrected chi connectivity index (χ3v) is 11.0. The number of nitrogens with zero attached hydrogens (tertiary/aromatic N) is 7. The first kappa shape index (κ1) is 32.1. The predicted molar refractivity (Wildman–Crippen MR) is 197 cm³/mol. The van der Waals surface area contributed by atoms with Gasteiger partial charge in [0, 0.05) is 17.7 Å². The van der Waals surface area contributed by atoms with Gasteiger partial charge in [-0.15, -0.1) is 0 Å². The standard InChI is InChI=1S/C23H20N4O2S.C15H14N4S/c28-23(29-14-16-8-3-1-4-9-16)27-13-7-12-18(27)21-26-20-19(17-10-5-2-6-11-17)24-15-25-22(20)30-21;1-2-5-10(6-3-1)12-13-15(18-9-17-12)20-14(19-13)11-7-4-8-16-11/h1-6,8-11,15,18H,7,12-14H2;1-3,5-6,9,11,16H,4,7-8H2/t18-;11-/m00/s1. The van der Waals surface area contributed by atoms with E-state index in [9.17, 15) is 4.79 Å². The molecule has 2 atom stereocenters. The van der Waals surface area contributed by atoms with Crippen LogP contribution in [0.2, 0.25) is 0 Å². The first-order valence-electron chi connectivity index (χ1n) is 16.8. The number of likely N-dealkylation sites (tertiary alicyclic amines) is 1. The van der Waals surface area contributed by atoms with Crippen molar-refractivity contribution in [1.29, 1.82) is 0 Å². The van der Waals surface area contributed by atoms with Crippen molar-refractivity contribution in [2.75, 3.05) is 13.1 Å². The highest BCUT2D eigenvalue weighted by Crippen LogP contribution is 2.38. The molecule has 50 heavy (non-hydrogen) atoms. The van der Waals surface area contributed by atoms with Gasteiger partial charge in [-0.3, -0.25) is 4.90 Å². The molecule has 9 rings (SSSR count). The van der Waals surface area contributed by atoms with Crippen LogP contribution in [0, 0.1) is 0 Å². The Kier molecular flexibility index (Phi) is 9.46. The number of rotatable bonds is 6. The van der Waals surface area contributed by atoms with Crippen LogP contribution in [0.4, 0.5) is 4.79 Å². The highest BCUT2D eigenvalue weighted by atomic mass is 32.1. The van der Waals surface area contributed by atoms with E-state index in [2.05, 4.69) is 37.4 Å². The van der Waals surface area contributed by atoms with Crippen molar-refractivity contribution in [3.63, 3.8) is 0 Å². The van der Waals surface area contributed by atoms with Gasteiger partial charge in [-0.2, -0.15) is 0 Å². The van der Waals surface area contributed by atoms with Crippen LogP contribution in [0.15, 0.2) is 104 Å². The topological polar surface area (TPSA) is 119 Å². The summed E-state index contributed by atoms with van der Waals surface area (Å²) >= 11 is 3.21. The molecule has 7 aromatic rings. The SMILES string of the molecule is O=C(OCc1ccccc1)N1CCC[C@H]1c1nc2c(-c3ccccc3)ncnc2s1.c1ccc(-c2ncnc3sc([C@@H]4CCCN4)nc23)cc1. The van der Waals surface area contributed by atoms with Gasteiger partial charge in [0.05, 0.1) is 12.1 Å². The third kappa shape index (κ3) is 6.82. The van der Waals surface area contributed by atoms with Crippen LogP contribution in [0.5, 0.6) is 0 Å². The average Bonchev–Trinajstić information content (AvgIpc) is 4.01. The van der Waals surface area contributed by atoms with Crippen LogP contribution in [-0.2, 0) is 11.3 Å². The first-order chi connectivity index (χ1) is 24.7. The zero-order valence-electron chi connectivity index (χ0n) is 27.2. The summed E-state index contributed by atoms with van der Waals surface area (Å²) in [6.45, 7) is 2.02. The minimum Gasteiger partial charge on any atom is -0.445 e. The summed E-state index contributed by atoms with van der Waals surface area (Å²) in [6.07, 6.45) is 7.09. The summed E-state index contributed by atoms with van der Waals surface area (Å²) in [4.78, 5) is 43.7. The molecule has 250 valence electrons. The number of carbonyl (C=O) groups excluding carboxylic acids is 1.